The van der Waals surface area contributed by atoms with Crippen LogP contribution >= 0.6 is 0 Å². The Morgan fingerprint density at radius 1 is 1.24 bits per heavy atom. The molecule has 12 heteroatoms. The molecular weight excluding hydrogens is 449 g/mol. The van der Waals surface area contributed by atoms with Gasteiger partial charge in [0.15, 0.2) is 0 Å². The Labute approximate surface area is 193 Å². The van der Waals surface area contributed by atoms with Crippen molar-refractivity contribution in [2.75, 3.05) is 45.9 Å². The Morgan fingerprint density at radius 3 is 2.79 bits per heavy atom. The topological polar surface area (TPSA) is 85.4 Å². The zero-order valence-electron chi connectivity index (χ0n) is 18.8. The molecular formula is C22H25F3N8O. The smallest absolute Gasteiger partial charge is 0.244 e. The highest BCUT2D eigenvalue weighted by molar-refractivity contribution is 5.89. The summed E-state index contributed by atoms with van der Waals surface area (Å²) < 4.78 is 49.5. The lowest BCUT2D eigenvalue weighted by atomic mass is 10.0. The molecule has 0 saturated carbocycles. The number of benzene rings is 1. The third kappa shape index (κ3) is 3.91. The Bertz CT molecular complexity index is 1300. The van der Waals surface area contributed by atoms with E-state index in [1.165, 1.54) is 11.8 Å². The average Bonchev–Trinajstić information content (AvgIpc) is 3.45. The maximum atomic E-state index is 14.5. The van der Waals surface area contributed by atoms with Crippen molar-refractivity contribution in [3.05, 3.63) is 30.5 Å². The van der Waals surface area contributed by atoms with Crippen LogP contribution in [0.4, 0.5) is 19.1 Å². The molecule has 1 N–H and O–H groups in total. The number of likely N-dealkylation sites (tertiary alicyclic amines) is 1. The number of nitrogens with zero attached hydrogens (tertiary/aromatic N) is 7. The van der Waals surface area contributed by atoms with Crippen LogP contribution in [0.3, 0.4) is 0 Å². The van der Waals surface area contributed by atoms with Crippen LogP contribution < -0.4 is 10.1 Å². The van der Waals surface area contributed by atoms with Crippen LogP contribution in [0.25, 0.3) is 27.7 Å². The molecule has 4 heterocycles. The van der Waals surface area contributed by atoms with E-state index in [4.69, 9.17) is 4.74 Å². The van der Waals surface area contributed by atoms with Gasteiger partial charge in [0, 0.05) is 24.8 Å². The molecule has 3 aromatic heterocycles. The molecule has 1 saturated heterocycles. The first-order valence-electron chi connectivity index (χ1n) is 11.0. The third-order valence-corrected chi connectivity index (χ3v) is 6.22. The largest absolute Gasteiger partial charge is 0.479 e. The molecule has 34 heavy (non-hydrogen) atoms. The summed E-state index contributed by atoms with van der Waals surface area (Å²) in [5, 5.41) is 15.6. The Morgan fingerprint density at radius 2 is 2.06 bits per heavy atom. The maximum absolute atomic E-state index is 14.5. The molecule has 1 fully saturated rings. The van der Waals surface area contributed by atoms with Gasteiger partial charge < -0.3 is 15.0 Å². The van der Waals surface area contributed by atoms with Gasteiger partial charge in [0.25, 0.3) is 0 Å². The van der Waals surface area contributed by atoms with Crippen molar-refractivity contribution in [2.24, 2.45) is 0 Å². The van der Waals surface area contributed by atoms with Gasteiger partial charge in [0.2, 0.25) is 11.8 Å². The Kier molecular flexibility index (Phi) is 5.98. The number of halogens is 3. The van der Waals surface area contributed by atoms with Crippen molar-refractivity contribution in [1.29, 1.82) is 0 Å². The number of anilines is 1. The van der Waals surface area contributed by atoms with E-state index in [2.05, 4.69) is 25.7 Å². The molecule has 2 atom stereocenters. The van der Waals surface area contributed by atoms with E-state index in [1.807, 2.05) is 24.1 Å². The fraction of sp³-hybridized carbons (Fsp3) is 0.455. The normalized spacial score (nSPS) is 19.4. The highest BCUT2D eigenvalue weighted by Gasteiger charge is 2.28. The zero-order valence-corrected chi connectivity index (χ0v) is 18.8. The molecule has 0 radical (unpaired) electrons. The Hall–Kier alpha value is -3.41. The average molecular weight is 474 g/mol. The van der Waals surface area contributed by atoms with Crippen molar-refractivity contribution in [1.82, 2.24) is 34.5 Å². The lowest BCUT2D eigenvalue weighted by molar-refractivity contribution is 0.149. The molecule has 180 valence electrons. The summed E-state index contributed by atoms with van der Waals surface area (Å²) >= 11 is 0. The standard InChI is InChI=1S/C22H25F3N8O/c1-31-7-6-17(16(25)12-31)26-22-27-21(34-2)20-15(5-8-32(20)29-22)13-3-4-18-19(9-13)33(30-28-18)14(10-23)11-24/h3-5,8-9,14,16-17H,6-7,10-12H2,1-2H3,(H,26,29)/t16-,17+/m1/s1. The van der Waals surface area contributed by atoms with E-state index in [1.54, 1.807) is 22.8 Å². The molecule has 0 bridgehead atoms. The lowest BCUT2D eigenvalue weighted by Gasteiger charge is -2.32. The molecule has 1 aromatic carbocycles. The van der Waals surface area contributed by atoms with Crippen LogP contribution in [0.5, 0.6) is 5.88 Å². The predicted molar refractivity (Wildman–Crippen MR) is 121 cm³/mol. The van der Waals surface area contributed by atoms with Crippen LogP contribution in [0.1, 0.15) is 12.5 Å². The van der Waals surface area contributed by atoms with Gasteiger partial charge in [-0.2, -0.15) is 4.98 Å². The lowest BCUT2D eigenvalue weighted by Crippen LogP contribution is -2.46. The first-order valence-corrected chi connectivity index (χ1v) is 11.0. The molecule has 0 aliphatic carbocycles. The molecule has 5 rings (SSSR count). The van der Waals surface area contributed by atoms with E-state index in [9.17, 15) is 13.2 Å². The number of hydrogen-bond acceptors (Lipinski definition) is 7. The summed E-state index contributed by atoms with van der Waals surface area (Å²) in [4.78, 5) is 6.43. The number of fused-ring (bicyclic) bond motifs is 2. The van der Waals surface area contributed by atoms with Crippen LogP contribution in [0.15, 0.2) is 30.5 Å². The fourth-order valence-electron chi connectivity index (χ4n) is 4.36. The number of methoxy groups -OCH3 is 1. The molecule has 0 unspecified atom stereocenters. The third-order valence-electron chi connectivity index (χ3n) is 6.22. The van der Waals surface area contributed by atoms with Crippen molar-refractivity contribution in [2.45, 2.75) is 24.7 Å². The van der Waals surface area contributed by atoms with Gasteiger partial charge in [0.1, 0.15) is 36.6 Å². The highest BCUT2D eigenvalue weighted by atomic mass is 19.1. The predicted octanol–water partition coefficient (Wildman–Crippen LogP) is 3.08. The first kappa shape index (κ1) is 22.4. The van der Waals surface area contributed by atoms with Crippen molar-refractivity contribution >= 4 is 22.5 Å². The number of piperidine rings is 1. The summed E-state index contributed by atoms with van der Waals surface area (Å²) in [6.07, 6.45) is 1.36. The molecule has 9 nitrogen and oxygen atoms in total. The second-order valence-corrected chi connectivity index (χ2v) is 8.48. The van der Waals surface area contributed by atoms with Crippen molar-refractivity contribution in [3.63, 3.8) is 0 Å². The summed E-state index contributed by atoms with van der Waals surface area (Å²) in [7, 11) is 3.40. The SMILES string of the molecule is COc1nc(N[C@H]2CCN(C)C[C@H]2F)nn2ccc(-c3ccc4nnn(C(CF)CF)c4c3)c12. The molecule has 4 aromatic rings. The monoisotopic (exact) mass is 474 g/mol. The number of alkyl halides is 3. The quantitative estimate of drug-likeness (QED) is 0.441. The second-order valence-electron chi connectivity index (χ2n) is 8.48. The number of hydrogen-bond donors (Lipinski definition) is 1. The molecule has 0 spiro atoms. The molecule has 1 aliphatic heterocycles. The minimum absolute atomic E-state index is 0.273. The van der Waals surface area contributed by atoms with E-state index in [0.29, 0.717) is 35.4 Å². The van der Waals surface area contributed by atoms with Gasteiger partial charge in [-0.1, -0.05) is 11.3 Å². The number of rotatable bonds is 7. The van der Waals surface area contributed by atoms with Gasteiger partial charge >= 0.3 is 0 Å². The summed E-state index contributed by atoms with van der Waals surface area (Å²) in [6.45, 7) is -0.638. The zero-order chi connectivity index (χ0) is 23.8. The van der Waals surface area contributed by atoms with Gasteiger partial charge in [-0.15, -0.1) is 10.2 Å². The summed E-state index contributed by atoms with van der Waals surface area (Å²) in [5.74, 6) is 0.591. The van der Waals surface area contributed by atoms with E-state index in [-0.39, 0.29) is 12.0 Å². The van der Waals surface area contributed by atoms with Crippen molar-refractivity contribution in [3.8, 4) is 17.0 Å². The van der Waals surface area contributed by atoms with Gasteiger partial charge in [0.05, 0.1) is 18.7 Å². The van der Waals surface area contributed by atoms with E-state index < -0.39 is 25.6 Å². The minimum atomic E-state index is -1.04. The number of nitrogens with one attached hydrogen (secondary N) is 1. The highest BCUT2D eigenvalue weighted by Crippen LogP contribution is 2.33. The molecule has 0 amide bonds. The minimum Gasteiger partial charge on any atom is -0.479 e. The summed E-state index contributed by atoms with van der Waals surface area (Å²) in [5.41, 5.74) is 3.19. The second kappa shape index (κ2) is 9.09. The van der Waals surface area contributed by atoms with E-state index >= 15 is 0 Å². The summed E-state index contributed by atoms with van der Waals surface area (Å²) in [6, 6.07) is 5.80. The van der Waals surface area contributed by atoms with Gasteiger partial charge in [-0.05, 0) is 37.2 Å². The first-order chi connectivity index (χ1) is 16.5. The fourth-order valence-corrected chi connectivity index (χ4v) is 4.36. The van der Waals surface area contributed by atoms with Crippen LogP contribution in [0.2, 0.25) is 0 Å². The number of ether oxygens (including phenoxy) is 1. The number of aromatic nitrogens is 6. The van der Waals surface area contributed by atoms with E-state index in [0.717, 1.165) is 17.7 Å². The van der Waals surface area contributed by atoms with Gasteiger partial charge in [-0.25, -0.2) is 22.4 Å². The van der Waals surface area contributed by atoms with Crippen molar-refractivity contribution < 1.29 is 17.9 Å². The van der Waals surface area contributed by atoms with Crippen LogP contribution in [-0.2, 0) is 0 Å². The maximum Gasteiger partial charge on any atom is 0.244 e. The Balaban J connectivity index is 1.52. The van der Waals surface area contributed by atoms with Crippen LogP contribution in [-0.4, -0.2) is 87.3 Å². The molecule has 1 aliphatic rings. The van der Waals surface area contributed by atoms with Gasteiger partial charge in [-0.3, -0.25) is 0 Å². The van der Waals surface area contributed by atoms with Crippen LogP contribution in [0, 0.1) is 0 Å².